The average molecular weight is 392 g/mol. The molecule has 5 nitrogen and oxygen atoms in total. The van der Waals surface area contributed by atoms with Crippen LogP contribution in [0.3, 0.4) is 0 Å². The zero-order valence-electron chi connectivity index (χ0n) is 14.0. The van der Waals surface area contributed by atoms with Gasteiger partial charge in [0, 0.05) is 31.5 Å². The summed E-state index contributed by atoms with van der Waals surface area (Å²) < 4.78 is 39.7. The average Bonchev–Trinajstić information content (AvgIpc) is 3.03. The molecule has 9 heteroatoms. The molecule has 0 spiro atoms. The standard InChI is InChI=1S/C18H13ClF3N5/c1-3-12-9-24-17(19)26-15(12)23-8-11-4-6-13(7-5-11)16-25-14(10-27(16)2)18(20,21)22/h1,4-7,9-10H,8H2,2H3,(H,23,24,26). The molecule has 1 aromatic carbocycles. The first-order valence-electron chi connectivity index (χ1n) is 7.71. The van der Waals surface area contributed by atoms with Gasteiger partial charge in [-0.05, 0) is 17.2 Å². The highest BCUT2D eigenvalue weighted by Crippen LogP contribution is 2.30. The first-order valence-corrected chi connectivity index (χ1v) is 8.08. The van der Waals surface area contributed by atoms with Gasteiger partial charge in [-0.25, -0.2) is 9.97 Å². The van der Waals surface area contributed by atoms with Crippen molar-refractivity contribution in [2.75, 3.05) is 5.32 Å². The number of benzene rings is 1. The topological polar surface area (TPSA) is 55.6 Å². The van der Waals surface area contributed by atoms with Crippen molar-refractivity contribution >= 4 is 17.4 Å². The van der Waals surface area contributed by atoms with Gasteiger partial charge in [-0.1, -0.05) is 30.2 Å². The number of aryl methyl sites for hydroxylation is 1. The Morgan fingerprint density at radius 2 is 1.93 bits per heavy atom. The molecule has 3 aromatic rings. The second-order valence-corrected chi connectivity index (χ2v) is 5.99. The van der Waals surface area contributed by atoms with Gasteiger partial charge < -0.3 is 9.88 Å². The molecule has 2 aromatic heterocycles. The predicted octanol–water partition coefficient (Wildman–Crippen LogP) is 4.14. The number of anilines is 1. The molecule has 0 aliphatic carbocycles. The summed E-state index contributed by atoms with van der Waals surface area (Å²) in [6.07, 6.45) is 3.33. The number of terminal acetylenes is 1. The molecule has 0 radical (unpaired) electrons. The first kappa shape index (κ1) is 18.7. The third-order valence-electron chi connectivity index (χ3n) is 3.75. The number of nitrogens with zero attached hydrogens (tertiary/aromatic N) is 4. The van der Waals surface area contributed by atoms with Crippen molar-refractivity contribution in [1.29, 1.82) is 0 Å². The van der Waals surface area contributed by atoms with Gasteiger partial charge in [0.2, 0.25) is 5.28 Å². The molecule has 0 unspecified atom stereocenters. The Hall–Kier alpha value is -3.05. The zero-order chi connectivity index (χ0) is 19.6. The largest absolute Gasteiger partial charge is 0.434 e. The molecule has 27 heavy (non-hydrogen) atoms. The normalized spacial score (nSPS) is 11.3. The number of halogens is 4. The molecule has 0 atom stereocenters. The molecule has 3 rings (SSSR count). The van der Waals surface area contributed by atoms with E-state index in [4.69, 9.17) is 18.0 Å². The molecule has 0 saturated heterocycles. The van der Waals surface area contributed by atoms with E-state index in [1.807, 2.05) is 0 Å². The minimum atomic E-state index is -4.48. The Morgan fingerprint density at radius 1 is 1.22 bits per heavy atom. The number of imidazole rings is 1. The van der Waals surface area contributed by atoms with Crippen LogP contribution in [0.25, 0.3) is 11.4 Å². The van der Waals surface area contributed by atoms with Crippen LogP contribution in [-0.4, -0.2) is 19.5 Å². The van der Waals surface area contributed by atoms with Crippen molar-refractivity contribution in [3.8, 4) is 23.7 Å². The molecule has 138 valence electrons. The maximum atomic E-state index is 12.8. The van der Waals surface area contributed by atoms with Gasteiger partial charge in [0.15, 0.2) is 5.69 Å². The van der Waals surface area contributed by atoms with Crippen LogP contribution in [0.4, 0.5) is 19.0 Å². The summed E-state index contributed by atoms with van der Waals surface area (Å²) in [5, 5.41) is 3.14. The summed E-state index contributed by atoms with van der Waals surface area (Å²) in [4.78, 5) is 11.5. The lowest BCUT2D eigenvalue weighted by Gasteiger charge is -2.09. The van der Waals surface area contributed by atoms with E-state index in [1.54, 1.807) is 24.3 Å². The molecule has 0 bridgehead atoms. The van der Waals surface area contributed by atoms with Gasteiger partial charge >= 0.3 is 6.18 Å². The van der Waals surface area contributed by atoms with E-state index < -0.39 is 11.9 Å². The summed E-state index contributed by atoms with van der Waals surface area (Å²) in [5.41, 5.74) is 1.00. The van der Waals surface area contributed by atoms with E-state index in [0.717, 1.165) is 11.8 Å². The number of hydrogen-bond donors (Lipinski definition) is 1. The van der Waals surface area contributed by atoms with Crippen molar-refractivity contribution in [2.45, 2.75) is 12.7 Å². The van der Waals surface area contributed by atoms with Crippen LogP contribution in [-0.2, 0) is 19.8 Å². The van der Waals surface area contributed by atoms with Crippen molar-refractivity contribution in [3.63, 3.8) is 0 Å². The fourth-order valence-electron chi connectivity index (χ4n) is 2.43. The van der Waals surface area contributed by atoms with E-state index >= 15 is 0 Å². The molecule has 2 heterocycles. The third-order valence-corrected chi connectivity index (χ3v) is 3.94. The molecule has 1 N–H and O–H groups in total. The summed E-state index contributed by atoms with van der Waals surface area (Å²) in [6.45, 7) is 0.399. The van der Waals surface area contributed by atoms with Crippen molar-refractivity contribution in [2.24, 2.45) is 7.05 Å². The van der Waals surface area contributed by atoms with Gasteiger partial charge in [0.25, 0.3) is 0 Å². The molecule has 0 fully saturated rings. The Kier molecular flexibility index (Phi) is 5.06. The second-order valence-electron chi connectivity index (χ2n) is 5.65. The zero-order valence-corrected chi connectivity index (χ0v) is 14.8. The highest BCUT2D eigenvalue weighted by Gasteiger charge is 2.34. The van der Waals surface area contributed by atoms with E-state index in [1.165, 1.54) is 17.8 Å². The van der Waals surface area contributed by atoms with Crippen LogP contribution in [0.1, 0.15) is 16.8 Å². The minimum absolute atomic E-state index is 0.0714. The van der Waals surface area contributed by atoms with Crippen molar-refractivity contribution < 1.29 is 13.2 Å². The van der Waals surface area contributed by atoms with Gasteiger partial charge in [-0.2, -0.15) is 18.2 Å². The highest BCUT2D eigenvalue weighted by atomic mass is 35.5. The van der Waals surface area contributed by atoms with Crippen LogP contribution >= 0.6 is 11.6 Å². The Labute approximate surface area is 158 Å². The first-order chi connectivity index (χ1) is 12.8. The summed E-state index contributed by atoms with van der Waals surface area (Å²) in [6, 6.07) is 6.97. The molecule has 0 aliphatic heterocycles. The van der Waals surface area contributed by atoms with Crippen LogP contribution in [0.15, 0.2) is 36.7 Å². The van der Waals surface area contributed by atoms with Gasteiger partial charge in [-0.3, -0.25) is 0 Å². The highest BCUT2D eigenvalue weighted by molar-refractivity contribution is 6.28. The van der Waals surface area contributed by atoms with Crippen LogP contribution in [0.2, 0.25) is 5.28 Å². The maximum Gasteiger partial charge on any atom is 0.434 e. The lowest BCUT2D eigenvalue weighted by Crippen LogP contribution is -2.05. The SMILES string of the molecule is C#Cc1cnc(Cl)nc1NCc1ccc(-c2nc(C(F)(F)F)cn2C)cc1. The lowest BCUT2D eigenvalue weighted by atomic mass is 10.1. The summed E-state index contributed by atoms with van der Waals surface area (Å²) in [7, 11) is 1.52. The lowest BCUT2D eigenvalue weighted by molar-refractivity contribution is -0.140. The van der Waals surface area contributed by atoms with Crippen LogP contribution in [0, 0.1) is 12.3 Å². The van der Waals surface area contributed by atoms with Gasteiger partial charge in [0.1, 0.15) is 11.6 Å². The van der Waals surface area contributed by atoms with Gasteiger partial charge in [0.05, 0.1) is 5.56 Å². The number of aromatic nitrogens is 4. The van der Waals surface area contributed by atoms with E-state index in [0.29, 0.717) is 23.5 Å². The third kappa shape index (κ3) is 4.20. The Balaban J connectivity index is 1.76. The minimum Gasteiger partial charge on any atom is -0.365 e. The predicted molar refractivity (Wildman–Crippen MR) is 95.9 cm³/mol. The van der Waals surface area contributed by atoms with E-state index in [2.05, 4.69) is 26.2 Å². The Bertz CT molecular complexity index is 1000. The van der Waals surface area contributed by atoms with E-state index in [9.17, 15) is 13.2 Å². The molecular weight excluding hydrogens is 379 g/mol. The quantitative estimate of drug-likeness (QED) is 0.536. The van der Waals surface area contributed by atoms with Crippen LogP contribution < -0.4 is 5.32 Å². The molecular formula is C18H13ClF3N5. The molecule has 0 aliphatic rings. The summed E-state index contributed by atoms with van der Waals surface area (Å²) in [5.74, 6) is 3.13. The monoisotopic (exact) mass is 391 g/mol. The van der Waals surface area contributed by atoms with Crippen molar-refractivity contribution in [1.82, 2.24) is 19.5 Å². The van der Waals surface area contributed by atoms with Crippen molar-refractivity contribution in [3.05, 3.63) is 58.8 Å². The number of hydrogen-bond acceptors (Lipinski definition) is 4. The number of nitrogens with one attached hydrogen (secondary N) is 1. The van der Waals surface area contributed by atoms with Crippen LogP contribution in [0.5, 0.6) is 0 Å². The molecule has 0 saturated carbocycles. The van der Waals surface area contributed by atoms with Gasteiger partial charge in [-0.15, -0.1) is 6.42 Å². The summed E-state index contributed by atoms with van der Waals surface area (Å²) >= 11 is 5.77. The van der Waals surface area contributed by atoms with E-state index in [-0.39, 0.29) is 11.1 Å². The maximum absolute atomic E-state index is 12.8. The number of rotatable bonds is 4. The smallest absolute Gasteiger partial charge is 0.365 e. The second kappa shape index (κ2) is 7.29. The fraction of sp³-hybridized carbons (Fsp3) is 0.167. The Morgan fingerprint density at radius 3 is 2.52 bits per heavy atom. The molecule has 0 amide bonds. The fourth-order valence-corrected chi connectivity index (χ4v) is 2.56. The number of alkyl halides is 3.